The van der Waals surface area contributed by atoms with Crippen LogP contribution in [0.15, 0.2) is 87.2 Å². The average molecular weight is 946 g/mol. The van der Waals surface area contributed by atoms with Crippen molar-refractivity contribution in [2.75, 3.05) is 27.4 Å². The van der Waals surface area contributed by atoms with Crippen molar-refractivity contribution in [3.05, 3.63) is 125 Å². The van der Waals surface area contributed by atoms with Crippen LogP contribution in [0.2, 0.25) is 20.4 Å². The quantitative estimate of drug-likeness (QED) is 0.0531. The Balaban J connectivity index is 0.000000329. The van der Waals surface area contributed by atoms with Crippen molar-refractivity contribution >= 4 is 104 Å². The van der Waals surface area contributed by atoms with E-state index in [-0.39, 0.29) is 40.2 Å². The normalized spacial score (nSPS) is 11.7. The topological polar surface area (TPSA) is 137 Å². The molecule has 11 nitrogen and oxygen atoms in total. The van der Waals surface area contributed by atoms with E-state index in [1.54, 1.807) is 55.7 Å². The number of benzene rings is 2. The predicted octanol–water partition coefficient (Wildman–Crippen LogP) is 12.5. The minimum Gasteiger partial charge on any atom is -0.494 e. The Kier molecular flexibility index (Phi) is 22.8. The van der Waals surface area contributed by atoms with E-state index in [1.165, 1.54) is 33.3 Å². The summed E-state index contributed by atoms with van der Waals surface area (Å²) in [6.07, 6.45) is 5.82. The maximum atomic E-state index is 11.5. The van der Waals surface area contributed by atoms with Gasteiger partial charge < -0.3 is 23.8 Å². The van der Waals surface area contributed by atoms with Gasteiger partial charge >= 0.3 is 0 Å². The highest BCUT2D eigenvalue weighted by atomic mass is 35.5. The van der Waals surface area contributed by atoms with E-state index in [0.29, 0.717) is 60.2 Å². The molecule has 2 atom stereocenters. The molecule has 4 aromatic rings. The number of rotatable bonds is 15. The van der Waals surface area contributed by atoms with Gasteiger partial charge in [0.2, 0.25) is 0 Å². The second kappa shape index (κ2) is 26.0. The molecule has 0 aliphatic carbocycles. The molecule has 2 unspecified atom stereocenters. The molecule has 0 spiro atoms. The first-order valence-electron chi connectivity index (χ1n) is 16.3. The van der Waals surface area contributed by atoms with E-state index in [2.05, 4.69) is 20.0 Å². The molecule has 2 aromatic heterocycles. The number of hydrogen-bond donors (Lipinski definition) is 1. The highest BCUT2D eigenvalue weighted by Crippen LogP contribution is 2.35. The van der Waals surface area contributed by atoms with Crippen molar-refractivity contribution in [2.45, 2.75) is 39.9 Å². The third-order valence-electron chi connectivity index (χ3n) is 7.18. The van der Waals surface area contributed by atoms with Gasteiger partial charge in [-0.15, -0.1) is 0 Å². The fourth-order valence-corrected chi connectivity index (χ4v) is 5.30. The maximum absolute atomic E-state index is 11.5. The number of carbonyl (C=O) groups is 1. The third-order valence-corrected chi connectivity index (χ3v) is 8.80. The average Bonchev–Trinajstić information content (AvgIpc) is 3.16. The van der Waals surface area contributed by atoms with Crippen LogP contribution in [0.25, 0.3) is 0 Å². The van der Waals surface area contributed by atoms with Crippen LogP contribution in [-0.2, 0) is 9.68 Å². The lowest BCUT2D eigenvalue weighted by Crippen LogP contribution is -2.05. The second-order valence-electron chi connectivity index (χ2n) is 11.2. The Labute approximate surface area is 371 Å². The van der Waals surface area contributed by atoms with Crippen molar-refractivity contribution in [1.82, 2.24) is 9.97 Å². The zero-order chi connectivity index (χ0) is 42.7. The molecule has 57 heavy (non-hydrogen) atoms. The van der Waals surface area contributed by atoms with Crippen molar-refractivity contribution in [3.8, 4) is 23.0 Å². The Hall–Kier alpha value is -3.20. The van der Waals surface area contributed by atoms with Gasteiger partial charge in [0.25, 0.3) is 0 Å². The number of halogens is 8. The summed E-state index contributed by atoms with van der Waals surface area (Å²) < 4.78 is 21.6. The third kappa shape index (κ3) is 17.7. The largest absolute Gasteiger partial charge is 0.494 e. The first kappa shape index (κ1) is 49.9. The molecule has 2 aromatic carbocycles. The van der Waals surface area contributed by atoms with Gasteiger partial charge in [0.05, 0.1) is 35.5 Å². The number of ether oxygens (including phenoxy) is 4. The minimum absolute atomic E-state index is 0.112. The van der Waals surface area contributed by atoms with Gasteiger partial charge in [-0.3, -0.25) is 9.63 Å². The van der Waals surface area contributed by atoms with E-state index < -0.39 is 0 Å². The van der Waals surface area contributed by atoms with Crippen LogP contribution in [0, 0.1) is 0 Å². The van der Waals surface area contributed by atoms with Crippen molar-refractivity contribution in [3.63, 3.8) is 0 Å². The molecule has 0 fully saturated rings. The summed E-state index contributed by atoms with van der Waals surface area (Å²) in [5, 5.41) is 5.77. The molecule has 0 saturated carbocycles. The van der Waals surface area contributed by atoms with E-state index in [4.69, 9.17) is 122 Å². The molecule has 4 rings (SSSR count). The second-order valence-corrected chi connectivity index (χ2v) is 14.8. The maximum Gasteiger partial charge on any atom is 0.163 e. The molecule has 0 bridgehead atoms. The van der Waals surface area contributed by atoms with Crippen molar-refractivity contribution in [2.24, 2.45) is 11.1 Å². The van der Waals surface area contributed by atoms with Crippen LogP contribution in [0.1, 0.15) is 67.0 Å². The fraction of sp³-hybridized carbons (Fsp3) is 0.263. The molecule has 2 N–H and O–H groups in total. The Morgan fingerprint density at radius 3 is 1.54 bits per heavy atom. The number of nitrogens with zero attached hydrogens (tertiary/aromatic N) is 3. The molecular weight excluding hydrogens is 908 g/mol. The summed E-state index contributed by atoms with van der Waals surface area (Å²) in [7, 11) is 2.97. The van der Waals surface area contributed by atoms with Gasteiger partial charge in [-0.2, -0.15) is 0 Å². The van der Waals surface area contributed by atoms with E-state index in [0.717, 1.165) is 11.1 Å². The van der Waals surface area contributed by atoms with Gasteiger partial charge in [0.15, 0.2) is 11.9 Å². The molecule has 0 aliphatic heterocycles. The van der Waals surface area contributed by atoms with Crippen LogP contribution in [0.4, 0.5) is 0 Å². The Morgan fingerprint density at radius 2 is 1.16 bits per heavy atom. The number of carbonyl (C=O) groups excluding carboxylic acids is 1. The zero-order valence-corrected chi connectivity index (χ0v) is 37.3. The van der Waals surface area contributed by atoms with Gasteiger partial charge in [0, 0.05) is 41.2 Å². The molecule has 0 saturated heterocycles. The van der Waals surface area contributed by atoms with E-state index in [1.807, 2.05) is 26.0 Å². The smallest absolute Gasteiger partial charge is 0.163 e. The monoisotopic (exact) mass is 942 g/mol. The number of pyridine rings is 2. The summed E-state index contributed by atoms with van der Waals surface area (Å²) in [6.45, 7) is 7.27. The number of methoxy groups -OCH3 is 2. The lowest BCUT2D eigenvalue weighted by atomic mass is 10.1. The van der Waals surface area contributed by atoms with E-state index in [9.17, 15) is 4.79 Å². The van der Waals surface area contributed by atoms with Crippen LogP contribution in [-0.4, -0.2) is 48.9 Å². The standard InChI is InChI=1S/C19H18Cl4N2O3.C12H11Cl3O3.C7H9ClN2O/c1-11(25-28-12(2)13-4-5-18(23)24-10-13)15-8-14(27-7-6-17(21)22)9-16(20)19(15)26-3;1-7(16)9-5-8(18-4-3-11(14)15)6-10(13)12(9)17-2;1-5(11-9)6-2-3-7(8)10-4-6/h4-6,8-10,12H,7H2,1-3H3;3,5-6H,4H2,1-2H3;2-5H,9H2,1H3/b25-11+;;. The van der Waals surface area contributed by atoms with Crippen LogP contribution in [0.3, 0.4) is 0 Å². The molecule has 308 valence electrons. The number of aromatic nitrogens is 2. The summed E-state index contributed by atoms with van der Waals surface area (Å²) in [4.78, 5) is 29.6. The fourth-order valence-electron chi connectivity index (χ4n) is 4.25. The number of nitrogens with two attached hydrogens (primary N) is 1. The van der Waals surface area contributed by atoms with E-state index >= 15 is 0 Å². The van der Waals surface area contributed by atoms with Crippen LogP contribution < -0.4 is 24.8 Å². The van der Waals surface area contributed by atoms with Gasteiger partial charge in [-0.25, -0.2) is 15.9 Å². The lowest BCUT2D eigenvalue weighted by Gasteiger charge is -2.14. The number of hydrogen-bond acceptors (Lipinski definition) is 11. The molecule has 2 heterocycles. The highest BCUT2D eigenvalue weighted by molar-refractivity contribution is 6.56. The number of Topliss-reactive ketones (excluding diaryl/α,β-unsaturated/α-hetero) is 1. The van der Waals surface area contributed by atoms with Crippen molar-refractivity contribution < 1.29 is 33.4 Å². The number of ketones is 1. The van der Waals surface area contributed by atoms with Gasteiger partial charge in [-0.05, 0) is 64.1 Å². The first-order valence-corrected chi connectivity index (χ1v) is 19.4. The molecule has 0 aliphatic rings. The van der Waals surface area contributed by atoms with Crippen LogP contribution >= 0.6 is 92.8 Å². The van der Waals surface area contributed by atoms with Crippen LogP contribution in [0.5, 0.6) is 23.0 Å². The highest BCUT2D eigenvalue weighted by Gasteiger charge is 2.16. The summed E-state index contributed by atoms with van der Waals surface area (Å²) in [6, 6.07) is 13.5. The summed E-state index contributed by atoms with van der Waals surface area (Å²) in [5.41, 5.74) is 3.31. The predicted molar refractivity (Wildman–Crippen MR) is 230 cm³/mol. The lowest BCUT2D eigenvalue weighted by molar-refractivity contribution is 0.0662. The van der Waals surface area contributed by atoms with Crippen molar-refractivity contribution in [1.29, 1.82) is 0 Å². The Bertz CT molecular complexity index is 1990. The zero-order valence-electron chi connectivity index (χ0n) is 31.3. The molecular formula is C38H38Cl8N4O7. The summed E-state index contributed by atoms with van der Waals surface area (Å²) in [5.74, 6) is 6.57. The molecule has 0 amide bonds. The SMILES string of the molecule is CC(ON)c1ccc(Cl)nc1.COc1c(Cl)cc(OCC=C(Cl)Cl)cc1/C(C)=N/OC(C)c1ccc(Cl)nc1.COc1c(Cl)cc(OCC=C(Cl)Cl)cc1C(C)=O. The first-order chi connectivity index (χ1) is 27.0. The van der Waals surface area contributed by atoms with Gasteiger partial charge in [-0.1, -0.05) is 110 Å². The summed E-state index contributed by atoms with van der Waals surface area (Å²) >= 11 is 45.8. The van der Waals surface area contributed by atoms with Gasteiger partial charge in [0.1, 0.15) is 61.6 Å². The number of oxime groups is 1. The molecule has 0 radical (unpaired) electrons. The minimum atomic E-state index is -0.323. The molecule has 19 heteroatoms. The Morgan fingerprint density at radius 1 is 0.719 bits per heavy atom.